The van der Waals surface area contributed by atoms with Crippen LogP contribution in [0.1, 0.15) is 19.3 Å². The third-order valence-corrected chi connectivity index (χ3v) is 4.97. The molecule has 1 aromatic carbocycles. The van der Waals surface area contributed by atoms with Crippen molar-refractivity contribution < 1.29 is 4.74 Å². The van der Waals surface area contributed by atoms with E-state index in [9.17, 15) is 0 Å². The van der Waals surface area contributed by atoms with Crippen LogP contribution in [0.5, 0.6) is 5.75 Å². The van der Waals surface area contributed by atoms with Crippen molar-refractivity contribution in [3.05, 3.63) is 46.7 Å². The minimum atomic E-state index is 0.240. The number of piperidine rings is 1. The van der Waals surface area contributed by atoms with Crippen LogP contribution in [0.4, 0.5) is 5.95 Å². The molecule has 1 fully saturated rings. The number of anilines is 1. The van der Waals surface area contributed by atoms with Crippen molar-refractivity contribution in [3.63, 3.8) is 0 Å². The monoisotopic (exact) mass is 380 g/mol. The molecule has 1 aliphatic heterocycles. The second-order valence-corrected chi connectivity index (χ2v) is 6.90. The van der Waals surface area contributed by atoms with Crippen LogP contribution in [0.25, 0.3) is 0 Å². The van der Waals surface area contributed by atoms with E-state index >= 15 is 0 Å². The highest BCUT2D eigenvalue weighted by Gasteiger charge is 2.20. The van der Waals surface area contributed by atoms with Gasteiger partial charge in [-0.2, -0.15) is 0 Å². The summed E-state index contributed by atoms with van der Waals surface area (Å²) >= 11 is 12.0. The number of rotatable bonds is 7. The largest absolute Gasteiger partial charge is 0.490 e. The predicted octanol–water partition coefficient (Wildman–Crippen LogP) is 4.13. The molecule has 2 aromatic rings. The van der Waals surface area contributed by atoms with E-state index < -0.39 is 0 Å². The molecule has 3 rings (SSSR count). The summed E-state index contributed by atoms with van der Waals surface area (Å²) in [4.78, 5) is 10.8. The van der Waals surface area contributed by atoms with E-state index in [1.807, 2.05) is 12.1 Å². The lowest BCUT2D eigenvalue weighted by Crippen LogP contribution is -2.39. The molecule has 0 atom stereocenters. The Morgan fingerprint density at radius 1 is 1.12 bits per heavy atom. The normalized spacial score (nSPS) is 15.9. The standard InChI is InChI=1S/C18H22Cl2N4O/c19-16-4-3-15(13-17(16)20)25-14-5-11-24(12-6-14)10-2-9-23-18-21-7-1-8-22-18/h1,3-4,7-8,13-14H,2,5-6,9-12H2,(H,21,22,23). The van der Waals surface area contributed by atoms with Crippen LogP contribution in [0.15, 0.2) is 36.7 Å². The van der Waals surface area contributed by atoms with Gasteiger partial charge < -0.3 is 15.0 Å². The first-order valence-corrected chi connectivity index (χ1v) is 9.31. The van der Waals surface area contributed by atoms with Crippen molar-refractivity contribution in [1.82, 2.24) is 14.9 Å². The van der Waals surface area contributed by atoms with Crippen LogP contribution in [0.3, 0.4) is 0 Å². The van der Waals surface area contributed by atoms with E-state index in [2.05, 4.69) is 20.2 Å². The lowest BCUT2D eigenvalue weighted by molar-refractivity contribution is 0.100. The second kappa shape index (κ2) is 9.22. The number of halogens is 2. The number of aromatic nitrogens is 2. The fourth-order valence-electron chi connectivity index (χ4n) is 2.89. The maximum atomic E-state index is 6.03. The first kappa shape index (κ1) is 18.2. The van der Waals surface area contributed by atoms with Crippen molar-refractivity contribution in [2.75, 3.05) is 31.5 Å². The number of nitrogens with zero attached hydrogens (tertiary/aromatic N) is 3. The molecular formula is C18H22Cl2N4O. The minimum absolute atomic E-state index is 0.240. The number of benzene rings is 1. The molecule has 0 saturated carbocycles. The predicted molar refractivity (Wildman–Crippen MR) is 102 cm³/mol. The molecule has 0 bridgehead atoms. The van der Waals surface area contributed by atoms with Crippen LogP contribution < -0.4 is 10.1 Å². The highest BCUT2D eigenvalue weighted by molar-refractivity contribution is 6.42. The van der Waals surface area contributed by atoms with Gasteiger partial charge >= 0.3 is 0 Å². The molecule has 2 heterocycles. The van der Waals surface area contributed by atoms with E-state index in [4.69, 9.17) is 27.9 Å². The number of hydrogen-bond acceptors (Lipinski definition) is 5. The van der Waals surface area contributed by atoms with Crippen LogP contribution in [0.2, 0.25) is 10.0 Å². The van der Waals surface area contributed by atoms with Gasteiger partial charge in [-0.1, -0.05) is 23.2 Å². The maximum Gasteiger partial charge on any atom is 0.222 e. The molecule has 1 N–H and O–H groups in total. The lowest BCUT2D eigenvalue weighted by atomic mass is 10.1. The summed E-state index contributed by atoms with van der Waals surface area (Å²) in [5.41, 5.74) is 0. The molecule has 25 heavy (non-hydrogen) atoms. The van der Waals surface area contributed by atoms with E-state index in [1.54, 1.807) is 24.5 Å². The first-order valence-electron chi connectivity index (χ1n) is 8.55. The van der Waals surface area contributed by atoms with E-state index in [1.165, 1.54) is 0 Å². The second-order valence-electron chi connectivity index (χ2n) is 6.09. The SMILES string of the molecule is Clc1ccc(OC2CCN(CCCNc3ncccn3)CC2)cc1Cl. The van der Waals surface area contributed by atoms with Crippen molar-refractivity contribution in [2.24, 2.45) is 0 Å². The summed E-state index contributed by atoms with van der Waals surface area (Å²) in [5.74, 6) is 1.48. The average Bonchev–Trinajstić information content (AvgIpc) is 2.64. The minimum Gasteiger partial charge on any atom is -0.490 e. The Morgan fingerprint density at radius 2 is 1.88 bits per heavy atom. The Bertz CT molecular complexity index is 663. The highest BCUT2D eigenvalue weighted by atomic mass is 35.5. The zero-order chi connectivity index (χ0) is 17.5. The number of ether oxygens (including phenoxy) is 1. The van der Waals surface area contributed by atoms with Gasteiger partial charge in [0.05, 0.1) is 10.0 Å². The van der Waals surface area contributed by atoms with Gasteiger partial charge in [0, 0.05) is 38.1 Å². The zero-order valence-corrected chi connectivity index (χ0v) is 15.5. The average molecular weight is 381 g/mol. The molecule has 0 unspecified atom stereocenters. The topological polar surface area (TPSA) is 50.3 Å². The molecule has 0 radical (unpaired) electrons. The Kier molecular flexibility index (Phi) is 6.73. The molecule has 0 aliphatic carbocycles. The summed E-state index contributed by atoms with van der Waals surface area (Å²) in [6.07, 6.45) is 6.84. The van der Waals surface area contributed by atoms with Gasteiger partial charge in [-0.15, -0.1) is 0 Å². The molecule has 5 nitrogen and oxygen atoms in total. The smallest absolute Gasteiger partial charge is 0.222 e. The molecule has 1 aliphatic rings. The summed E-state index contributed by atoms with van der Waals surface area (Å²) < 4.78 is 6.02. The number of likely N-dealkylation sites (tertiary alicyclic amines) is 1. The Balaban J connectivity index is 1.33. The van der Waals surface area contributed by atoms with Gasteiger partial charge in [0.2, 0.25) is 5.95 Å². The molecule has 1 aromatic heterocycles. The fourth-order valence-corrected chi connectivity index (χ4v) is 3.17. The van der Waals surface area contributed by atoms with Crippen LogP contribution in [0, 0.1) is 0 Å². The molecule has 134 valence electrons. The van der Waals surface area contributed by atoms with Crippen LogP contribution >= 0.6 is 23.2 Å². The van der Waals surface area contributed by atoms with Crippen molar-refractivity contribution in [2.45, 2.75) is 25.4 Å². The van der Waals surface area contributed by atoms with E-state index in [-0.39, 0.29) is 6.10 Å². The summed E-state index contributed by atoms with van der Waals surface area (Å²) in [6.45, 7) is 4.05. The highest BCUT2D eigenvalue weighted by Crippen LogP contribution is 2.28. The van der Waals surface area contributed by atoms with Gasteiger partial charge in [-0.3, -0.25) is 0 Å². The third-order valence-electron chi connectivity index (χ3n) is 4.23. The third kappa shape index (κ3) is 5.73. The van der Waals surface area contributed by atoms with Crippen LogP contribution in [-0.2, 0) is 0 Å². The maximum absolute atomic E-state index is 6.03. The van der Waals surface area contributed by atoms with E-state index in [0.717, 1.165) is 51.2 Å². The molecule has 0 amide bonds. The van der Waals surface area contributed by atoms with Crippen molar-refractivity contribution in [1.29, 1.82) is 0 Å². The lowest BCUT2D eigenvalue weighted by Gasteiger charge is -2.32. The van der Waals surface area contributed by atoms with Gasteiger partial charge in [-0.05, 0) is 44.0 Å². The summed E-state index contributed by atoms with van der Waals surface area (Å²) in [6, 6.07) is 7.25. The van der Waals surface area contributed by atoms with Crippen molar-refractivity contribution in [3.8, 4) is 5.75 Å². The summed E-state index contributed by atoms with van der Waals surface area (Å²) in [5, 5.41) is 4.33. The Hall–Kier alpha value is -1.56. The summed E-state index contributed by atoms with van der Waals surface area (Å²) in [7, 11) is 0. The number of nitrogens with one attached hydrogen (secondary N) is 1. The number of hydrogen-bond donors (Lipinski definition) is 1. The van der Waals surface area contributed by atoms with Gasteiger partial charge in [0.15, 0.2) is 0 Å². The molecule has 0 spiro atoms. The molecule has 1 saturated heterocycles. The zero-order valence-electron chi connectivity index (χ0n) is 14.0. The van der Waals surface area contributed by atoms with Gasteiger partial charge in [-0.25, -0.2) is 9.97 Å². The van der Waals surface area contributed by atoms with Gasteiger partial charge in [0.25, 0.3) is 0 Å². The molecular weight excluding hydrogens is 359 g/mol. The van der Waals surface area contributed by atoms with Crippen molar-refractivity contribution >= 4 is 29.2 Å². The first-order chi connectivity index (χ1) is 12.2. The fraction of sp³-hybridized carbons (Fsp3) is 0.444. The van der Waals surface area contributed by atoms with Crippen LogP contribution in [-0.4, -0.2) is 47.2 Å². The van der Waals surface area contributed by atoms with E-state index in [0.29, 0.717) is 16.0 Å². The van der Waals surface area contributed by atoms with Gasteiger partial charge in [0.1, 0.15) is 11.9 Å². The Morgan fingerprint density at radius 3 is 2.60 bits per heavy atom. The quantitative estimate of drug-likeness (QED) is 0.731. The molecule has 7 heteroatoms. The Labute approximate surface area is 158 Å².